The number of hydrogen-bond acceptors (Lipinski definition) is 2. The maximum absolute atomic E-state index is 5.15. The second-order valence-corrected chi connectivity index (χ2v) is 15.1. The van der Waals surface area contributed by atoms with Crippen LogP contribution in [0.15, 0.2) is 164 Å². The van der Waals surface area contributed by atoms with Gasteiger partial charge in [-0.1, -0.05) is 148 Å². The third kappa shape index (κ3) is 4.94. The molecule has 2 aromatic heterocycles. The van der Waals surface area contributed by atoms with E-state index in [9.17, 15) is 0 Å². The molecule has 0 aliphatic heterocycles. The van der Waals surface area contributed by atoms with Gasteiger partial charge in [0.2, 0.25) is 0 Å². The van der Waals surface area contributed by atoms with E-state index in [2.05, 4.69) is 172 Å². The van der Waals surface area contributed by atoms with E-state index in [1.165, 1.54) is 70.6 Å². The summed E-state index contributed by atoms with van der Waals surface area (Å²) < 4.78 is 0. The fourth-order valence-corrected chi connectivity index (χ4v) is 8.05. The third-order valence-corrected chi connectivity index (χ3v) is 10.8. The molecule has 0 aliphatic rings. The second kappa shape index (κ2) is 11.6. The maximum Gasteiger partial charge on any atom is 0.0708 e. The molecule has 2 nitrogen and oxygen atoms in total. The molecule has 0 amide bonds. The predicted molar refractivity (Wildman–Crippen MR) is 221 cm³/mol. The van der Waals surface area contributed by atoms with E-state index in [1.807, 2.05) is 12.4 Å². The van der Waals surface area contributed by atoms with Gasteiger partial charge in [-0.3, -0.25) is 9.97 Å². The number of aromatic nitrogens is 2. The van der Waals surface area contributed by atoms with Gasteiger partial charge >= 0.3 is 0 Å². The molecule has 0 spiro atoms. The number of hydrogen-bond donors (Lipinski definition) is 0. The molecule has 10 aromatic rings. The summed E-state index contributed by atoms with van der Waals surface area (Å²) in [6.07, 6.45) is 4.05. The Balaban J connectivity index is 1.16. The van der Waals surface area contributed by atoms with E-state index < -0.39 is 0 Å². The monoisotopic (exact) mass is 664 g/mol. The van der Waals surface area contributed by atoms with E-state index in [0.717, 1.165) is 33.6 Å². The van der Waals surface area contributed by atoms with Crippen LogP contribution in [0.5, 0.6) is 0 Å². The fraction of sp³-hybridized carbons (Fsp3) is 0.0800. The van der Waals surface area contributed by atoms with Crippen LogP contribution < -0.4 is 0 Å². The van der Waals surface area contributed by atoms with Crippen molar-refractivity contribution < 1.29 is 0 Å². The summed E-state index contributed by atoms with van der Waals surface area (Å²) >= 11 is 0. The molecular formula is C50H36N2. The van der Waals surface area contributed by atoms with Crippen molar-refractivity contribution >= 4 is 53.9 Å². The standard InChI is InChI=1S/C50H36N2/c1-50(2,3)39-26-35-17-21-42-44(46-23-19-37(29-51-46)34-16-15-31-9-4-5-11-33(31)25-34)28-45(43-22-18-36(27-39)48(35)49(42)43)47-24-20-38(30-52-47)41-14-8-12-32-10-6-7-13-40(32)41/h4-30H,1-3H3. The van der Waals surface area contributed by atoms with Gasteiger partial charge < -0.3 is 0 Å². The smallest absolute Gasteiger partial charge is 0.0708 e. The van der Waals surface area contributed by atoms with Gasteiger partial charge in [0.25, 0.3) is 0 Å². The highest BCUT2D eigenvalue weighted by Gasteiger charge is 2.21. The van der Waals surface area contributed by atoms with E-state index in [4.69, 9.17) is 9.97 Å². The molecule has 0 saturated heterocycles. The third-order valence-electron chi connectivity index (χ3n) is 10.8. The minimum atomic E-state index is 0.0488. The number of fused-ring (bicyclic) bond motifs is 2. The van der Waals surface area contributed by atoms with Crippen molar-refractivity contribution in [2.24, 2.45) is 0 Å². The first kappa shape index (κ1) is 30.4. The SMILES string of the molecule is CC(C)(C)c1cc2ccc3c(-c4ccc(-c5ccc6ccccc6c5)cn4)cc(-c4ccc(-c5cccc6ccccc56)cn4)c4ccc(c1)c2c34. The van der Waals surface area contributed by atoms with Crippen molar-refractivity contribution in [2.45, 2.75) is 26.2 Å². The Kier molecular flexibility index (Phi) is 6.78. The Labute approximate surface area is 303 Å². The number of benzene rings is 8. The average molecular weight is 665 g/mol. The van der Waals surface area contributed by atoms with Crippen molar-refractivity contribution in [1.82, 2.24) is 9.97 Å². The summed E-state index contributed by atoms with van der Waals surface area (Å²) in [7, 11) is 0. The Morgan fingerprint density at radius 2 is 0.942 bits per heavy atom. The van der Waals surface area contributed by atoms with Crippen molar-refractivity contribution in [2.75, 3.05) is 0 Å². The molecule has 0 radical (unpaired) electrons. The lowest BCUT2D eigenvalue weighted by atomic mass is 9.82. The highest BCUT2D eigenvalue weighted by molar-refractivity contribution is 6.28. The average Bonchev–Trinajstić information content (AvgIpc) is 3.19. The molecular weight excluding hydrogens is 629 g/mol. The van der Waals surface area contributed by atoms with Crippen molar-refractivity contribution in [3.63, 3.8) is 0 Å². The van der Waals surface area contributed by atoms with Crippen LogP contribution in [0.3, 0.4) is 0 Å². The molecule has 0 bridgehead atoms. The number of pyridine rings is 2. The normalized spacial score (nSPS) is 12.1. The molecule has 2 heteroatoms. The zero-order valence-electron chi connectivity index (χ0n) is 29.5. The minimum Gasteiger partial charge on any atom is -0.256 e. The van der Waals surface area contributed by atoms with Gasteiger partial charge in [0, 0.05) is 34.6 Å². The van der Waals surface area contributed by atoms with Crippen molar-refractivity contribution in [3.05, 3.63) is 170 Å². The van der Waals surface area contributed by atoms with Crippen LogP contribution in [-0.4, -0.2) is 9.97 Å². The molecule has 2 heterocycles. The van der Waals surface area contributed by atoms with Gasteiger partial charge in [-0.05, 0) is 100 Å². The van der Waals surface area contributed by atoms with E-state index >= 15 is 0 Å². The highest BCUT2D eigenvalue weighted by Crippen LogP contribution is 2.45. The molecule has 0 unspecified atom stereocenters. The highest BCUT2D eigenvalue weighted by atomic mass is 14.7. The molecule has 0 N–H and O–H groups in total. The molecule has 0 aliphatic carbocycles. The lowest BCUT2D eigenvalue weighted by molar-refractivity contribution is 0.591. The van der Waals surface area contributed by atoms with Gasteiger partial charge in [0.15, 0.2) is 0 Å². The summed E-state index contributed by atoms with van der Waals surface area (Å²) in [5.74, 6) is 0. The molecule has 0 fully saturated rings. The number of nitrogens with zero attached hydrogens (tertiary/aromatic N) is 2. The van der Waals surface area contributed by atoms with Crippen LogP contribution in [-0.2, 0) is 5.41 Å². The summed E-state index contributed by atoms with van der Waals surface area (Å²) in [4.78, 5) is 10.3. The van der Waals surface area contributed by atoms with Crippen molar-refractivity contribution in [3.8, 4) is 44.8 Å². The van der Waals surface area contributed by atoms with Gasteiger partial charge in [0.1, 0.15) is 0 Å². The van der Waals surface area contributed by atoms with Gasteiger partial charge in [-0.2, -0.15) is 0 Å². The summed E-state index contributed by atoms with van der Waals surface area (Å²) in [6, 6.07) is 55.2. The quantitative estimate of drug-likeness (QED) is 0.175. The van der Waals surface area contributed by atoms with Gasteiger partial charge in [0.05, 0.1) is 11.4 Å². The summed E-state index contributed by atoms with van der Waals surface area (Å²) in [5, 5.41) is 12.4. The zero-order valence-corrected chi connectivity index (χ0v) is 29.5. The van der Waals surface area contributed by atoms with E-state index in [0.29, 0.717) is 0 Å². The largest absolute Gasteiger partial charge is 0.256 e. The Morgan fingerprint density at radius 1 is 0.365 bits per heavy atom. The van der Waals surface area contributed by atoms with E-state index in [1.54, 1.807) is 0 Å². The van der Waals surface area contributed by atoms with Crippen LogP contribution in [0, 0.1) is 0 Å². The predicted octanol–water partition coefficient (Wildman–Crippen LogP) is 13.6. The lowest BCUT2D eigenvalue weighted by Gasteiger charge is -2.22. The van der Waals surface area contributed by atoms with Gasteiger partial charge in [-0.15, -0.1) is 0 Å². The molecule has 52 heavy (non-hydrogen) atoms. The van der Waals surface area contributed by atoms with Crippen LogP contribution >= 0.6 is 0 Å². The van der Waals surface area contributed by atoms with Crippen molar-refractivity contribution in [1.29, 1.82) is 0 Å². The topological polar surface area (TPSA) is 25.8 Å². The number of rotatable bonds is 4. The zero-order chi connectivity index (χ0) is 35.0. The maximum atomic E-state index is 5.15. The first-order valence-corrected chi connectivity index (χ1v) is 18.1. The Morgan fingerprint density at radius 3 is 1.60 bits per heavy atom. The molecule has 0 saturated carbocycles. The lowest BCUT2D eigenvalue weighted by Crippen LogP contribution is -2.10. The van der Waals surface area contributed by atoms with Crippen LogP contribution in [0.2, 0.25) is 0 Å². The van der Waals surface area contributed by atoms with Crippen LogP contribution in [0.1, 0.15) is 26.3 Å². The van der Waals surface area contributed by atoms with E-state index in [-0.39, 0.29) is 5.41 Å². The fourth-order valence-electron chi connectivity index (χ4n) is 8.05. The summed E-state index contributed by atoms with van der Waals surface area (Å²) in [6.45, 7) is 6.87. The molecule has 246 valence electrons. The minimum absolute atomic E-state index is 0.0488. The molecule has 0 atom stereocenters. The molecule has 8 aromatic carbocycles. The first-order valence-electron chi connectivity index (χ1n) is 18.1. The van der Waals surface area contributed by atoms with Crippen LogP contribution in [0.4, 0.5) is 0 Å². The second-order valence-electron chi connectivity index (χ2n) is 15.1. The first-order chi connectivity index (χ1) is 25.4. The molecule has 10 rings (SSSR count). The summed E-state index contributed by atoms with van der Waals surface area (Å²) in [5.41, 5.74) is 10.1. The van der Waals surface area contributed by atoms with Gasteiger partial charge in [-0.25, -0.2) is 0 Å². The van der Waals surface area contributed by atoms with Crippen LogP contribution in [0.25, 0.3) is 98.6 Å². The Hall–Kier alpha value is -6.38. The Bertz CT molecular complexity index is 2940.